The van der Waals surface area contributed by atoms with E-state index in [1.54, 1.807) is 7.11 Å². The van der Waals surface area contributed by atoms with E-state index < -0.39 is 11.0 Å². The van der Waals surface area contributed by atoms with Crippen molar-refractivity contribution in [3.05, 3.63) is 23.3 Å². The van der Waals surface area contributed by atoms with Crippen LogP contribution in [-0.2, 0) is 25.3 Å². The van der Waals surface area contributed by atoms with E-state index in [2.05, 4.69) is 21.7 Å². The molecular formula is C28H47N5O5S. The molecule has 0 bridgehead atoms. The van der Waals surface area contributed by atoms with Crippen LogP contribution >= 0.6 is 0 Å². The summed E-state index contributed by atoms with van der Waals surface area (Å²) in [7, 11) is 2.40. The normalized spacial score (nSPS) is 23.5. The maximum Gasteiger partial charge on any atom is 0.248 e. The Morgan fingerprint density at radius 3 is 2.36 bits per heavy atom. The summed E-state index contributed by atoms with van der Waals surface area (Å²) in [5.41, 5.74) is 1.91. The van der Waals surface area contributed by atoms with Gasteiger partial charge in [0.25, 0.3) is 0 Å². The minimum absolute atomic E-state index is 0.0398. The number of hydrogen-bond acceptors (Lipinski definition) is 8. The molecule has 2 unspecified atom stereocenters. The second-order valence-electron chi connectivity index (χ2n) is 10.9. The van der Waals surface area contributed by atoms with Gasteiger partial charge < -0.3 is 24.0 Å². The predicted octanol–water partition coefficient (Wildman–Crippen LogP) is 0.834. The maximum absolute atomic E-state index is 13.7. The quantitative estimate of drug-likeness (QED) is 0.413. The van der Waals surface area contributed by atoms with Crippen LogP contribution in [0.5, 0.6) is 5.75 Å². The molecule has 2 atom stereocenters. The SMILES string of the molecule is COc1cc(C)c(S(=O)N2CCN(C)CC2COCC(=O)N2CCN(CCN3CCCOCC3)CC2)c(C)c1. The molecule has 39 heavy (non-hydrogen) atoms. The lowest BCUT2D eigenvalue weighted by Gasteiger charge is -2.39. The lowest BCUT2D eigenvalue weighted by Crippen LogP contribution is -2.54. The van der Waals surface area contributed by atoms with Crippen LogP contribution in [0.4, 0.5) is 0 Å². The highest BCUT2D eigenvalue weighted by atomic mass is 32.2. The van der Waals surface area contributed by atoms with Gasteiger partial charge in [0.2, 0.25) is 5.91 Å². The third-order valence-corrected chi connectivity index (χ3v) is 9.90. The van der Waals surface area contributed by atoms with Crippen LogP contribution in [0.3, 0.4) is 0 Å². The average molecular weight is 566 g/mol. The molecule has 4 rings (SSSR count). The maximum atomic E-state index is 13.7. The molecule has 0 radical (unpaired) electrons. The lowest BCUT2D eigenvalue weighted by molar-refractivity contribution is -0.138. The number of carbonyl (C=O) groups excluding carboxylic acids is 1. The zero-order chi connectivity index (χ0) is 27.8. The van der Waals surface area contributed by atoms with Gasteiger partial charge in [-0.2, -0.15) is 0 Å². The van der Waals surface area contributed by atoms with Gasteiger partial charge in [0.05, 0.1) is 31.3 Å². The largest absolute Gasteiger partial charge is 0.497 e. The summed E-state index contributed by atoms with van der Waals surface area (Å²) >= 11 is 0. The number of rotatable bonds is 10. The van der Waals surface area contributed by atoms with Crippen LogP contribution in [0.25, 0.3) is 0 Å². The minimum atomic E-state index is -1.32. The lowest BCUT2D eigenvalue weighted by atomic mass is 10.1. The first kappa shape index (κ1) is 30.4. The zero-order valence-electron chi connectivity index (χ0n) is 24.2. The van der Waals surface area contributed by atoms with Gasteiger partial charge in [-0.15, -0.1) is 0 Å². The number of nitrogens with zero attached hydrogens (tertiary/aromatic N) is 5. The van der Waals surface area contributed by atoms with E-state index in [1.165, 1.54) is 0 Å². The molecule has 3 heterocycles. The molecule has 1 aromatic rings. The molecule has 0 saturated carbocycles. The minimum Gasteiger partial charge on any atom is -0.497 e. The van der Waals surface area contributed by atoms with E-state index in [9.17, 15) is 9.00 Å². The van der Waals surface area contributed by atoms with Gasteiger partial charge in [0, 0.05) is 78.6 Å². The number of ether oxygens (including phenoxy) is 3. The van der Waals surface area contributed by atoms with Crippen molar-refractivity contribution < 1.29 is 23.2 Å². The summed E-state index contributed by atoms with van der Waals surface area (Å²) in [6.07, 6.45) is 1.11. The Labute approximate surface area is 236 Å². The van der Waals surface area contributed by atoms with Crippen LogP contribution in [0.15, 0.2) is 17.0 Å². The first-order chi connectivity index (χ1) is 18.9. The van der Waals surface area contributed by atoms with Crippen molar-refractivity contribution in [3.63, 3.8) is 0 Å². The van der Waals surface area contributed by atoms with Crippen LogP contribution in [-0.4, -0.2) is 153 Å². The summed E-state index contributed by atoms with van der Waals surface area (Å²) < 4.78 is 32.7. The molecule has 0 aromatic heterocycles. The molecule has 0 aliphatic carbocycles. The number of aryl methyl sites for hydroxylation is 2. The molecule has 0 N–H and O–H groups in total. The Kier molecular flexibility index (Phi) is 11.6. The first-order valence-electron chi connectivity index (χ1n) is 14.3. The Morgan fingerprint density at radius 2 is 1.67 bits per heavy atom. The highest BCUT2D eigenvalue weighted by Gasteiger charge is 2.32. The fourth-order valence-electron chi connectivity index (χ4n) is 5.67. The van der Waals surface area contributed by atoms with E-state index in [0.717, 1.165) is 107 Å². The Hall–Kier alpha value is -1.60. The van der Waals surface area contributed by atoms with Crippen LogP contribution in [0.2, 0.25) is 0 Å². The molecule has 3 aliphatic heterocycles. The fourth-order valence-corrected chi connectivity index (χ4v) is 7.22. The second-order valence-corrected chi connectivity index (χ2v) is 12.3. The van der Waals surface area contributed by atoms with Gasteiger partial charge in [-0.1, -0.05) is 0 Å². The highest BCUT2D eigenvalue weighted by Crippen LogP contribution is 2.28. The monoisotopic (exact) mass is 565 g/mol. The third-order valence-electron chi connectivity index (χ3n) is 8.00. The van der Waals surface area contributed by atoms with E-state index in [-0.39, 0.29) is 18.6 Å². The zero-order valence-corrected chi connectivity index (χ0v) is 25.0. The summed E-state index contributed by atoms with van der Waals surface area (Å²) in [5.74, 6) is 0.814. The number of amides is 1. The first-order valence-corrected chi connectivity index (χ1v) is 15.4. The van der Waals surface area contributed by atoms with Crippen LogP contribution in [0, 0.1) is 13.8 Å². The van der Waals surface area contributed by atoms with Gasteiger partial charge in [-0.3, -0.25) is 14.6 Å². The van der Waals surface area contributed by atoms with E-state index in [1.807, 2.05) is 35.2 Å². The summed E-state index contributed by atoms with van der Waals surface area (Å²) in [6.45, 7) is 15.8. The summed E-state index contributed by atoms with van der Waals surface area (Å²) in [5, 5.41) is 0. The molecule has 11 heteroatoms. The number of likely N-dealkylation sites (N-methyl/N-ethyl adjacent to an activating group) is 1. The standard InChI is InChI=1S/C28H47N5O5S/c1-23-18-26(36-4)19-24(2)28(23)39(35)33-14-7-29(3)20-25(33)21-38-22-27(34)32-12-10-31(11-13-32)9-8-30-6-5-16-37-17-15-30/h18-19,25H,5-17,20-22H2,1-4H3. The molecular weight excluding hydrogens is 518 g/mol. The van der Waals surface area contributed by atoms with Crippen molar-refractivity contribution in [1.29, 1.82) is 0 Å². The van der Waals surface area contributed by atoms with E-state index in [0.29, 0.717) is 13.2 Å². The summed E-state index contributed by atoms with van der Waals surface area (Å²) in [4.78, 5) is 22.8. The van der Waals surface area contributed by atoms with Crippen molar-refractivity contribution in [1.82, 2.24) is 23.9 Å². The number of piperazine rings is 2. The smallest absolute Gasteiger partial charge is 0.248 e. The molecule has 3 fully saturated rings. The molecule has 1 aromatic carbocycles. The third kappa shape index (κ3) is 8.45. The molecule has 220 valence electrons. The number of benzene rings is 1. The highest BCUT2D eigenvalue weighted by molar-refractivity contribution is 7.82. The van der Waals surface area contributed by atoms with Crippen LogP contribution < -0.4 is 4.74 Å². The van der Waals surface area contributed by atoms with Crippen molar-refractivity contribution >= 4 is 16.9 Å². The van der Waals surface area contributed by atoms with Gasteiger partial charge in [0.1, 0.15) is 23.3 Å². The second kappa shape index (κ2) is 14.9. The topological polar surface area (TPSA) is 78.0 Å². The Morgan fingerprint density at radius 1 is 0.974 bits per heavy atom. The van der Waals surface area contributed by atoms with Crippen molar-refractivity contribution in [2.24, 2.45) is 0 Å². The number of methoxy groups -OCH3 is 1. The number of hydrogen-bond donors (Lipinski definition) is 0. The predicted molar refractivity (Wildman–Crippen MR) is 153 cm³/mol. The molecule has 10 nitrogen and oxygen atoms in total. The molecule has 3 saturated heterocycles. The number of carbonyl (C=O) groups is 1. The van der Waals surface area contributed by atoms with Crippen LogP contribution in [0.1, 0.15) is 17.5 Å². The summed E-state index contributed by atoms with van der Waals surface area (Å²) in [6, 6.07) is 3.81. The average Bonchev–Trinajstić information content (AvgIpc) is 3.20. The van der Waals surface area contributed by atoms with Gasteiger partial charge in [-0.05, 0) is 50.6 Å². The van der Waals surface area contributed by atoms with E-state index >= 15 is 0 Å². The molecule has 0 spiro atoms. The van der Waals surface area contributed by atoms with Gasteiger partial charge >= 0.3 is 0 Å². The van der Waals surface area contributed by atoms with Crippen molar-refractivity contribution in [2.75, 3.05) is 113 Å². The Balaban J connectivity index is 1.23. The molecule has 1 amide bonds. The van der Waals surface area contributed by atoms with Gasteiger partial charge in [-0.25, -0.2) is 8.51 Å². The van der Waals surface area contributed by atoms with Crippen molar-refractivity contribution in [2.45, 2.75) is 31.2 Å². The molecule has 3 aliphatic rings. The Bertz CT molecular complexity index is 943. The fraction of sp³-hybridized carbons (Fsp3) is 0.750. The van der Waals surface area contributed by atoms with Gasteiger partial charge in [0.15, 0.2) is 0 Å². The van der Waals surface area contributed by atoms with E-state index in [4.69, 9.17) is 14.2 Å². The van der Waals surface area contributed by atoms with Crippen molar-refractivity contribution in [3.8, 4) is 5.75 Å².